The number of rotatable bonds is 3. The van der Waals surface area contributed by atoms with Crippen molar-refractivity contribution < 1.29 is 14.3 Å². The van der Waals surface area contributed by atoms with E-state index in [1.807, 2.05) is 25.1 Å². The van der Waals surface area contributed by atoms with E-state index in [0.717, 1.165) is 48.8 Å². The number of oxazole rings is 1. The molecule has 4 heteroatoms. The Morgan fingerprint density at radius 1 is 1.35 bits per heavy atom. The molecule has 0 bridgehead atoms. The fourth-order valence-electron chi connectivity index (χ4n) is 3.19. The molecule has 1 saturated carbocycles. The summed E-state index contributed by atoms with van der Waals surface area (Å²) in [4.78, 5) is 16.2. The van der Waals surface area contributed by atoms with Crippen molar-refractivity contribution in [2.75, 3.05) is 0 Å². The molecule has 1 aromatic heterocycles. The zero-order chi connectivity index (χ0) is 14.2. The summed E-state index contributed by atoms with van der Waals surface area (Å²) < 4.78 is 5.75. The Morgan fingerprint density at radius 2 is 2.10 bits per heavy atom. The molecule has 0 radical (unpaired) electrons. The number of hydrogen-bond donors (Lipinski definition) is 1. The molecule has 1 aliphatic carbocycles. The van der Waals surface area contributed by atoms with Crippen LogP contribution in [0.1, 0.15) is 43.6 Å². The smallest absolute Gasteiger partial charge is 0.310 e. The average molecular weight is 273 g/mol. The molecule has 3 rings (SSSR count). The molecule has 0 spiro atoms. The molecule has 0 atom stereocenters. The van der Waals surface area contributed by atoms with Gasteiger partial charge in [-0.2, -0.15) is 0 Å². The minimum Gasteiger partial charge on any atom is -0.481 e. The number of hydrogen-bond acceptors (Lipinski definition) is 3. The van der Waals surface area contributed by atoms with Crippen molar-refractivity contribution >= 4 is 17.1 Å². The molecule has 4 nitrogen and oxygen atoms in total. The Balaban J connectivity index is 1.94. The Morgan fingerprint density at radius 3 is 2.75 bits per heavy atom. The first kappa shape index (κ1) is 13.2. The molecule has 1 fully saturated rings. The van der Waals surface area contributed by atoms with E-state index in [2.05, 4.69) is 4.98 Å². The topological polar surface area (TPSA) is 63.3 Å². The maximum Gasteiger partial charge on any atom is 0.310 e. The summed E-state index contributed by atoms with van der Waals surface area (Å²) in [6, 6.07) is 5.80. The van der Waals surface area contributed by atoms with E-state index in [1.54, 1.807) is 0 Å². The number of para-hydroxylation sites is 1. The van der Waals surface area contributed by atoms with Crippen molar-refractivity contribution in [1.29, 1.82) is 0 Å². The number of carboxylic acid groups (broad SMARTS) is 1. The number of aliphatic carboxylic acids is 1. The van der Waals surface area contributed by atoms with Crippen LogP contribution in [0.25, 0.3) is 11.1 Å². The van der Waals surface area contributed by atoms with E-state index >= 15 is 0 Å². The molecular weight excluding hydrogens is 254 g/mol. The first-order valence-corrected chi connectivity index (χ1v) is 7.19. The van der Waals surface area contributed by atoms with Crippen molar-refractivity contribution in [3.63, 3.8) is 0 Å². The van der Waals surface area contributed by atoms with Crippen molar-refractivity contribution in [2.24, 2.45) is 5.41 Å². The van der Waals surface area contributed by atoms with Crippen LogP contribution in [0.3, 0.4) is 0 Å². The van der Waals surface area contributed by atoms with Crippen LogP contribution in [0.15, 0.2) is 22.6 Å². The van der Waals surface area contributed by atoms with E-state index in [0.29, 0.717) is 12.3 Å². The zero-order valence-electron chi connectivity index (χ0n) is 11.7. The first-order valence-electron chi connectivity index (χ1n) is 7.19. The van der Waals surface area contributed by atoms with Gasteiger partial charge in [-0.3, -0.25) is 4.79 Å². The van der Waals surface area contributed by atoms with Gasteiger partial charge in [-0.05, 0) is 31.4 Å². The second-order valence-electron chi connectivity index (χ2n) is 5.85. The molecule has 0 aliphatic heterocycles. The predicted molar refractivity (Wildman–Crippen MR) is 75.6 cm³/mol. The van der Waals surface area contributed by atoms with E-state index in [1.165, 1.54) is 0 Å². The summed E-state index contributed by atoms with van der Waals surface area (Å²) in [6.07, 6.45) is 4.93. The lowest BCUT2D eigenvalue weighted by molar-refractivity contribution is -0.151. The fourth-order valence-corrected chi connectivity index (χ4v) is 3.19. The lowest BCUT2D eigenvalue weighted by Crippen LogP contribution is -2.35. The minimum absolute atomic E-state index is 0.399. The highest BCUT2D eigenvalue weighted by Gasteiger charge is 2.41. The van der Waals surface area contributed by atoms with Gasteiger partial charge < -0.3 is 9.52 Å². The summed E-state index contributed by atoms with van der Waals surface area (Å²) in [7, 11) is 0. The van der Waals surface area contributed by atoms with Gasteiger partial charge in [0, 0.05) is 6.42 Å². The monoisotopic (exact) mass is 273 g/mol. The lowest BCUT2D eigenvalue weighted by atomic mass is 9.72. The summed E-state index contributed by atoms with van der Waals surface area (Å²) in [5, 5.41) is 9.61. The van der Waals surface area contributed by atoms with E-state index in [9.17, 15) is 9.90 Å². The Bertz CT molecular complexity index is 638. The molecule has 0 amide bonds. The first-order chi connectivity index (χ1) is 9.61. The second kappa shape index (κ2) is 4.93. The van der Waals surface area contributed by atoms with Gasteiger partial charge in [0.25, 0.3) is 0 Å². The van der Waals surface area contributed by atoms with Gasteiger partial charge in [-0.15, -0.1) is 0 Å². The number of aromatic nitrogens is 1. The molecule has 20 heavy (non-hydrogen) atoms. The highest BCUT2D eigenvalue weighted by Crippen LogP contribution is 2.39. The van der Waals surface area contributed by atoms with Crippen LogP contribution in [0.4, 0.5) is 0 Å². The molecule has 1 aromatic carbocycles. The van der Waals surface area contributed by atoms with Crippen LogP contribution in [0.2, 0.25) is 0 Å². The largest absolute Gasteiger partial charge is 0.481 e. The van der Waals surface area contributed by atoms with Crippen LogP contribution in [-0.2, 0) is 11.2 Å². The third kappa shape index (κ3) is 2.19. The molecule has 106 valence electrons. The number of benzene rings is 1. The maximum absolute atomic E-state index is 11.7. The number of nitrogens with zero attached hydrogens (tertiary/aromatic N) is 1. The van der Waals surface area contributed by atoms with Crippen LogP contribution in [0.5, 0.6) is 0 Å². The lowest BCUT2D eigenvalue weighted by Gasteiger charge is -2.31. The molecule has 0 saturated heterocycles. The van der Waals surface area contributed by atoms with E-state index in [-0.39, 0.29) is 0 Å². The predicted octanol–water partition coefficient (Wildman–Crippen LogP) is 3.71. The van der Waals surface area contributed by atoms with Gasteiger partial charge >= 0.3 is 5.97 Å². The van der Waals surface area contributed by atoms with Gasteiger partial charge in [0.05, 0.1) is 5.41 Å². The Kier molecular flexibility index (Phi) is 3.24. The third-order valence-electron chi connectivity index (χ3n) is 4.42. The van der Waals surface area contributed by atoms with Gasteiger partial charge in [-0.25, -0.2) is 4.98 Å². The second-order valence-corrected chi connectivity index (χ2v) is 5.85. The number of fused-ring (bicyclic) bond motifs is 1. The highest BCUT2D eigenvalue weighted by atomic mass is 16.4. The number of aryl methyl sites for hydroxylation is 1. The highest BCUT2D eigenvalue weighted by molar-refractivity contribution is 5.77. The van der Waals surface area contributed by atoms with Crippen molar-refractivity contribution in [3.8, 4) is 0 Å². The van der Waals surface area contributed by atoms with Crippen molar-refractivity contribution in [2.45, 2.75) is 45.4 Å². The minimum atomic E-state index is -0.712. The number of carbonyl (C=O) groups is 1. The summed E-state index contributed by atoms with van der Waals surface area (Å²) in [5.74, 6) is -0.158. The Labute approximate surface area is 117 Å². The zero-order valence-corrected chi connectivity index (χ0v) is 11.7. The SMILES string of the molecule is Cc1cccc2oc(CC3(C(=O)O)CCCCC3)nc12. The van der Waals surface area contributed by atoms with Crippen LogP contribution >= 0.6 is 0 Å². The van der Waals surface area contributed by atoms with Gasteiger partial charge in [0.1, 0.15) is 5.52 Å². The maximum atomic E-state index is 11.7. The molecule has 1 N–H and O–H groups in total. The fraction of sp³-hybridized carbons (Fsp3) is 0.500. The van der Waals surface area contributed by atoms with Crippen LogP contribution in [0, 0.1) is 12.3 Å². The number of carboxylic acids is 1. The molecular formula is C16H19NO3. The van der Waals surface area contributed by atoms with Crippen molar-refractivity contribution in [1.82, 2.24) is 4.98 Å². The molecule has 0 unspecified atom stereocenters. The normalized spacial score (nSPS) is 18.2. The van der Waals surface area contributed by atoms with E-state index in [4.69, 9.17) is 4.42 Å². The van der Waals surface area contributed by atoms with Gasteiger partial charge in [-0.1, -0.05) is 31.4 Å². The molecule has 1 heterocycles. The quantitative estimate of drug-likeness (QED) is 0.925. The van der Waals surface area contributed by atoms with Crippen LogP contribution < -0.4 is 0 Å². The summed E-state index contributed by atoms with van der Waals surface area (Å²) in [5.41, 5.74) is 1.97. The van der Waals surface area contributed by atoms with Gasteiger partial charge in [0.2, 0.25) is 0 Å². The summed E-state index contributed by atoms with van der Waals surface area (Å²) >= 11 is 0. The standard InChI is InChI=1S/C16H19NO3/c1-11-6-5-7-12-14(11)17-13(20-12)10-16(15(18)19)8-3-2-4-9-16/h5-7H,2-4,8-10H2,1H3,(H,18,19). The van der Waals surface area contributed by atoms with Crippen LogP contribution in [-0.4, -0.2) is 16.1 Å². The van der Waals surface area contributed by atoms with E-state index < -0.39 is 11.4 Å². The van der Waals surface area contributed by atoms with Gasteiger partial charge in [0.15, 0.2) is 11.5 Å². The molecule has 2 aromatic rings. The Hall–Kier alpha value is -1.84. The average Bonchev–Trinajstić information content (AvgIpc) is 2.83. The van der Waals surface area contributed by atoms with Crippen molar-refractivity contribution in [3.05, 3.63) is 29.7 Å². The molecule has 1 aliphatic rings. The third-order valence-corrected chi connectivity index (χ3v) is 4.42. The summed E-state index contributed by atoms with van der Waals surface area (Å²) in [6.45, 7) is 1.99.